The number of carbonyl (C=O) groups excluding carboxylic acids is 2. The molecule has 5 rings (SSSR count). The molecule has 1 atom stereocenters. The van der Waals surface area contributed by atoms with Crippen LogP contribution in [0.4, 0.5) is 5.95 Å². The maximum absolute atomic E-state index is 14.3. The van der Waals surface area contributed by atoms with Crippen LogP contribution in [0, 0.1) is 25.2 Å². The summed E-state index contributed by atoms with van der Waals surface area (Å²) in [7, 11) is -4.19. The molecule has 47 heavy (non-hydrogen) atoms. The van der Waals surface area contributed by atoms with Gasteiger partial charge in [0.15, 0.2) is 0 Å². The molecule has 1 aliphatic carbocycles. The summed E-state index contributed by atoms with van der Waals surface area (Å²) in [5.74, 6) is 0.0154. The summed E-state index contributed by atoms with van der Waals surface area (Å²) >= 11 is 0. The van der Waals surface area contributed by atoms with Crippen molar-refractivity contribution in [2.75, 3.05) is 17.9 Å². The Balaban J connectivity index is 1.56. The van der Waals surface area contributed by atoms with E-state index >= 15 is 0 Å². The molecule has 0 spiro atoms. The monoisotopic (exact) mass is 661 g/mol. The number of anilines is 1. The number of carbonyl (C=O) groups is 2. The molecule has 1 fully saturated rings. The quantitative estimate of drug-likeness (QED) is 0.318. The van der Waals surface area contributed by atoms with Crippen molar-refractivity contribution in [2.45, 2.75) is 97.0 Å². The fourth-order valence-electron chi connectivity index (χ4n) is 6.69. The molecule has 1 aromatic heterocycles. The zero-order valence-corrected chi connectivity index (χ0v) is 29.1. The fraction of sp³-hybridized carbons (Fsp3) is 0.500. The summed E-state index contributed by atoms with van der Waals surface area (Å²) in [6.07, 6.45) is 5.64. The highest BCUT2D eigenvalue weighted by atomic mass is 32.2. The van der Waals surface area contributed by atoms with Crippen molar-refractivity contribution in [3.63, 3.8) is 0 Å². The van der Waals surface area contributed by atoms with Gasteiger partial charge in [0.2, 0.25) is 17.7 Å². The second-order valence-electron chi connectivity index (χ2n) is 14.2. The molecule has 1 saturated carbocycles. The Morgan fingerprint density at radius 2 is 1.70 bits per heavy atom. The van der Waals surface area contributed by atoms with Crippen molar-refractivity contribution in [1.82, 2.24) is 20.2 Å². The van der Waals surface area contributed by atoms with Crippen LogP contribution in [0.25, 0.3) is 11.3 Å². The van der Waals surface area contributed by atoms with E-state index in [1.165, 1.54) is 23.1 Å². The Hall–Kier alpha value is -3.99. The summed E-state index contributed by atoms with van der Waals surface area (Å²) in [4.78, 5) is 38.3. The number of ether oxygens (including phenoxy) is 1. The molecule has 2 aliphatic rings. The van der Waals surface area contributed by atoms with Gasteiger partial charge in [-0.1, -0.05) is 58.4 Å². The van der Waals surface area contributed by atoms with Crippen molar-refractivity contribution >= 4 is 27.8 Å². The normalized spacial score (nSPS) is 21.4. The smallest absolute Gasteiger partial charge is 0.264 e. The number of aromatic nitrogens is 2. The highest BCUT2D eigenvalue weighted by Crippen LogP contribution is 2.32. The highest BCUT2D eigenvalue weighted by Gasteiger charge is 2.33. The molecule has 11 heteroatoms. The number of rotatable bonds is 6. The molecule has 2 N–H and O–H groups in total. The number of nitrogens with one attached hydrogen (secondary N) is 2. The first kappa shape index (κ1) is 34.3. The van der Waals surface area contributed by atoms with Crippen LogP contribution in [0.5, 0.6) is 5.88 Å². The zero-order chi connectivity index (χ0) is 33.9. The van der Waals surface area contributed by atoms with Gasteiger partial charge in [-0.15, -0.1) is 0 Å². The van der Waals surface area contributed by atoms with Crippen LogP contribution < -0.4 is 14.8 Å². The number of aryl methyl sites for hydroxylation is 2. The van der Waals surface area contributed by atoms with Crippen molar-refractivity contribution in [3.8, 4) is 17.1 Å². The highest BCUT2D eigenvalue weighted by molar-refractivity contribution is 7.92. The lowest BCUT2D eigenvalue weighted by atomic mass is 9.84. The topological polar surface area (TPSA) is 131 Å². The SMILES string of the molecule is CCC1CCC(NC(=O)CN2C(=O)c3cccc(c3)S(=O)(=O)Nc3nc(cc(-c4c(C)cccc4C)n3)OC[C@H]2CC(C)(C)C)CC1. The van der Waals surface area contributed by atoms with Crippen molar-refractivity contribution < 1.29 is 22.7 Å². The summed E-state index contributed by atoms with van der Waals surface area (Å²) < 4.78 is 36.0. The number of fused-ring (bicyclic) bond motifs is 4. The average molecular weight is 662 g/mol. The average Bonchev–Trinajstić information content (AvgIpc) is 3.01. The van der Waals surface area contributed by atoms with E-state index in [0.717, 1.165) is 48.8 Å². The summed E-state index contributed by atoms with van der Waals surface area (Å²) in [5, 5.41) is 3.17. The number of amides is 2. The van der Waals surface area contributed by atoms with Crippen LogP contribution >= 0.6 is 0 Å². The van der Waals surface area contributed by atoms with E-state index in [4.69, 9.17) is 4.74 Å². The van der Waals surface area contributed by atoms with Crippen LogP contribution in [0.2, 0.25) is 0 Å². The van der Waals surface area contributed by atoms with Gasteiger partial charge in [0, 0.05) is 23.2 Å². The Bertz CT molecular complexity index is 1710. The minimum Gasteiger partial charge on any atom is -0.475 e. The maximum Gasteiger partial charge on any atom is 0.264 e. The van der Waals surface area contributed by atoms with Crippen LogP contribution in [0.3, 0.4) is 0 Å². The molecular formula is C36H47N5O5S. The zero-order valence-electron chi connectivity index (χ0n) is 28.3. The molecule has 10 nitrogen and oxygen atoms in total. The maximum atomic E-state index is 14.3. The minimum absolute atomic E-state index is 0.0347. The number of sulfonamides is 1. The van der Waals surface area contributed by atoms with E-state index in [9.17, 15) is 18.0 Å². The lowest BCUT2D eigenvalue weighted by Gasteiger charge is -2.36. The summed E-state index contributed by atoms with van der Waals surface area (Å²) in [6.45, 7) is 12.2. The van der Waals surface area contributed by atoms with Gasteiger partial charge in [0.1, 0.15) is 13.2 Å². The number of hydrogen-bond acceptors (Lipinski definition) is 7. The van der Waals surface area contributed by atoms with E-state index < -0.39 is 22.0 Å². The second-order valence-corrected chi connectivity index (χ2v) is 15.9. The Labute approximate surface area is 278 Å². The van der Waals surface area contributed by atoms with E-state index in [-0.39, 0.29) is 52.8 Å². The molecule has 1 aliphatic heterocycles. The first-order valence-corrected chi connectivity index (χ1v) is 18.0. The molecule has 0 unspecified atom stereocenters. The van der Waals surface area contributed by atoms with E-state index in [1.54, 1.807) is 12.1 Å². The third kappa shape index (κ3) is 8.49. The van der Waals surface area contributed by atoms with Gasteiger partial charge < -0.3 is 15.0 Å². The minimum atomic E-state index is -4.19. The van der Waals surface area contributed by atoms with Gasteiger partial charge in [-0.3, -0.25) is 9.59 Å². The summed E-state index contributed by atoms with van der Waals surface area (Å²) in [6, 6.07) is 13.0. The van der Waals surface area contributed by atoms with Crippen molar-refractivity contribution in [2.24, 2.45) is 11.3 Å². The van der Waals surface area contributed by atoms with Crippen LogP contribution in [-0.2, 0) is 14.8 Å². The third-order valence-electron chi connectivity index (χ3n) is 9.13. The molecule has 2 heterocycles. The van der Waals surface area contributed by atoms with Crippen molar-refractivity contribution in [1.29, 1.82) is 0 Å². The standard InChI is InChI=1S/C36H47N5O5S/c1-7-25-14-16-27(17-15-25)37-31(42)21-41-28(20-36(4,5)6)22-46-32-19-30(33-23(2)10-8-11-24(33)3)38-35(39-32)40-47(44,45)29-13-9-12-26(18-29)34(41)43/h8-13,18-19,25,27-28H,7,14-17,20-22H2,1-6H3,(H,37,42)(H,38,39,40)/t25?,27?,28-/m1/s1. The molecule has 0 radical (unpaired) electrons. The largest absolute Gasteiger partial charge is 0.475 e. The fourth-order valence-corrected chi connectivity index (χ4v) is 7.68. The summed E-state index contributed by atoms with van der Waals surface area (Å²) in [5.41, 5.74) is 3.20. The first-order valence-electron chi connectivity index (χ1n) is 16.5. The van der Waals surface area contributed by atoms with E-state index in [0.29, 0.717) is 18.0 Å². The molecule has 3 aromatic rings. The lowest BCUT2D eigenvalue weighted by molar-refractivity contribution is -0.123. The van der Waals surface area contributed by atoms with Gasteiger partial charge in [-0.25, -0.2) is 18.1 Å². The predicted octanol–water partition coefficient (Wildman–Crippen LogP) is 6.29. The lowest BCUT2D eigenvalue weighted by Crippen LogP contribution is -2.51. The molecule has 2 aromatic carbocycles. The number of hydrogen-bond donors (Lipinski definition) is 2. The Morgan fingerprint density at radius 3 is 2.36 bits per heavy atom. The van der Waals surface area contributed by atoms with Crippen LogP contribution in [-0.4, -0.2) is 60.3 Å². The van der Waals surface area contributed by atoms with E-state index in [1.807, 2.05) is 32.0 Å². The van der Waals surface area contributed by atoms with Gasteiger partial charge in [0.05, 0.1) is 16.6 Å². The number of benzene rings is 2. The van der Waals surface area contributed by atoms with Gasteiger partial charge in [-0.05, 0) is 86.6 Å². The predicted molar refractivity (Wildman–Crippen MR) is 183 cm³/mol. The molecule has 4 bridgehead atoms. The molecular weight excluding hydrogens is 614 g/mol. The van der Waals surface area contributed by atoms with Crippen molar-refractivity contribution in [3.05, 3.63) is 65.2 Å². The van der Waals surface area contributed by atoms with Crippen LogP contribution in [0.1, 0.15) is 87.7 Å². The second kappa shape index (κ2) is 14.0. The molecule has 252 valence electrons. The van der Waals surface area contributed by atoms with E-state index in [2.05, 4.69) is 47.7 Å². The third-order valence-corrected chi connectivity index (χ3v) is 10.5. The Morgan fingerprint density at radius 1 is 1.02 bits per heavy atom. The van der Waals surface area contributed by atoms with Gasteiger partial charge in [0.25, 0.3) is 15.9 Å². The molecule has 0 saturated heterocycles. The first-order chi connectivity index (χ1) is 22.2. The van der Waals surface area contributed by atoms with Crippen LogP contribution in [0.15, 0.2) is 53.4 Å². The molecule has 2 amide bonds. The number of nitrogens with zero attached hydrogens (tertiary/aromatic N) is 3. The Kier molecular flexibility index (Phi) is 10.2. The van der Waals surface area contributed by atoms with Gasteiger partial charge >= 0.3 is 0 Å². The van der Waals surface area contributed by atoms with Gasteiger partial charge in [-0.2, -0.15) is 4.98 Å².